The minimum atomic E-state index is -3.00. The normalized spacial score (nSPS) is 20.4. The zero-order valence-corrected chi connectivity index (χ0v) is 13.8. The number of rotatable bonds is 2. The van der Waals surface area contributed by atoms with E-state index in [0.717, 1.165) is 22.2 Å². The molecule has 1 amide bonds. The molecule has 1 fully saturated rings. The highest BCUT2D eigenvalue weighted by Crippen LogP contribution is 2.26. The molecule has 0 bridgehead atoms. The van der Waals surface area contributed by atoms with Crippen molar-refractivity contribution >= 4 is 26.6 Å². The van der Waals surface area contributed by atoms with Crippen LogP contribution in [-0.2, 0) is 9.84 Å². The van der Waals surface area contributed by atoms with Gasteiger partial charge in [-0.15, -0.1) is 0 Å². The molecule has 2 aromatic rings. The van der Waals surface area contributed by atoms with E-state index in [4.69, 9.17) is 0 Å². The first kappa shape index (κ1) is 15.1. The molecular formula is C16H20N2O3S. The van der Waals surface area contributed by atoms with E-state index in [-0.39, 0.29) is 23.5 Å². The summed E-state index contributed by atoms with van der Waals surface area (Å²) in [6.45, 7) is 4.01. The van der Waals surface area contributed by atoms with Gasteiger partial charge < -0.3 is 9.88 Å². The number of sulfone groups is 1. The van der Waals surface area contributed by atoms with E-state index in [9.17, 15) is 13.2 Å². The fourth-order valence-corrected chi connectivity index (χ4v) is 4.87. The van der Waals surface area contributed by atoms with Gasteiger partial charge in [0.25, 0.3) is 5.91 Å². The largest absolute Gasteiger partial charge is 0.358 e. The molecule has 0 unspecified atom stereocenters. The maximum Gasteiger partial charge on any atom is 0.256 e. The Kier molecular flexibility index (Phi) is 3.51. The van der Waals surface area contributed by atoms with Crippen molar-refractivity contribution in [1.82, 2.24) is 9.88 Å². The number of carbonyl (C=O) groups is 1. The zero-order chi connectivity index (χ0) is 16.1. The van der Waals surface area contributed by atoms with Crippen LogP contribution in [-0.4, -0.2) is 48.8 Å². The highest BCUT2D eigenvalue weighted by Gasteiger charge is 2.33. The molecule has 6 heteroatoms. The molecule has 118 valence electrons. The highest BCUT2D eigenvalue weighted by atomic mass is 32.2. The van der Waals surface area contributed by atoms with Crippen molar-refractivity contribution in [2.75, 3.05) is 18.6 Å². The van der Waals surface area contributed by atoms with Gasteiger partial charge in [0.1, 0.15) is 0 Å². The Bertz CT molecular complexity index is 852. The molecule has 0 aliphatic carbocycles. The second-order valence-electron chi connectivity index (χ2n) is 6.08. The van der Waals surface area contributed by atoms with Gasteiger partial charge in [0.05, 0.1) is 22.6 Å². The first-order valence-electron chi connectivity index (χ1n) is 7.35. The first-order valence-corrected chi connectivity index (χ1v) is 9.18. The number of aromatic amines is 1. The Hall–Kier alpha value is -1.82. The molecule has 1 saturated heterocycles. The van der Waals surface area contributed by atoms with Crippen LogP contribution >= 0.6 is 0 Å². The molecule has 1 N–H and O–H groups in total. The summed E-state index contributed by atoms with van der Waals surface area (Å²) in [6, 6.07) is 5.42. The van der Waals surface area contributed by atoms with Crippen LogP contribution in [0.2, 0.25) is 0 Å². The number of fused-ring (bicyclic) bond motifs is 1. The maximum absolute atomic E-state index is 12.8. The van der Waals surface area contributed by atoms with Gasteiger partial charge in [-0.2, -0.15) is 0 Å². The predicted molar refractivity (Wildman–Crippen MR) is 86.9 cm³/mol. The topological polar surface area (TPSA) is 70.2 Å². The number of benzene rings is 1. The molecule has 0 radical (unpaired) electrons. The summed E-state index contributed by atoms with van der Waals surface area (Å²) in [7, 11) is -1.31. The molecule has 1 aromatic heterocycles. The summed E-state index contributed by atoms with van der Waals surface area (Å²) in [5.41, 5.74) is 3.60. The van der Waals surface area contributed by atoms with Crippen molar-refractivity contribution in [3.05, 3.63) is 35.0 Å². The average molecular weight is 320 g/mol. The van der Waals surface area contributed by atoms with Crippen LogP contribution in [0, 0.1) is 13.8 Å². The Morgan fingerprint density at radius 1 is 1.32 bits per heavy atom. The molecule has 1 aliphatic rings. The van der Waals surface area contributed by atoms with Gasteiger partial charge in [-0.25, -0.2) is 8.42 Å². The fourth-order valence-electron chi connectivity index (χ4n) is 3.10. The van der Waals surface area contributed by atoms with E-state index >= 15 is 0 Å². The number of hydrogen-bond donors (Lipinski definition) is 1. The van der Waals surface area contributed by atoms with Crippen molar-refractivity contribution in [3.63, 3.8) is 0 Å². The summed E-state index contributed by atoms with van der Waals surface area (Å²) in [4.78, 5) is 17.6. The highest BCUT2D eigenvalue weighted by molar-refractivity contribution is 7.91. The molecule has 0 saturated carbocycles. The van der Waals surface area contributed by atoms with E-state index in [1.807, 2.05) is 26.0 Å². The lowest BCUT2D eigenvalue weighted by molar-refractivity contribution is 0.0749. The molecule has 1 aliphatic heterocycles. The predicted octanol–water partition coefficient (Wildman–Crippen LogP) is 2.04. The van der Waals surface area contributed by atoms with Crippen molar-refractivity contribution in [1.29, 1.82) is 0 Å². The third-order valence-corrected chi connectivity index (χ3v) is 6.40. The number of para-hydroxylation sites is 1. The summed E-state index contributed by atoms with van der Waals surface area (Å²) < 4.78 is 23.2. The van der Waals surface area contributed by atoms with Crippen molar-refractivity contribution in [2.45, 2.75) is 26.3 Å². The van der Waals surface area contributed by atoms with E-state index in [1.54, 1.807) is 18.0 Å². The molecule has 22 heavy (non-hydrogen) atoms. The number of nitrogens with zero attached hydrogens (tertiary/aromatic N) is 1. The monoisotopic (exact) mass is 320 g/mol. The first-order chi connectivity index (χ1) is 10.3. The van der Waals surface area contributed by atoms with E-state index in [1.165, 1.54) is 0 Å². The lowest BCUT2D eigenvalue weighted by Gasteiger charge is -2.23. The molecule has 1 atom stereocenters. The van der Waals surface area contributed by atoms with Crippen LogP contribution in [0.1, 0.15) is 28.0 Å². The third kappa shape index (κ3) is 2.41. The van der Waals surface area contributed by atoms with Crippen LogP contribution in [0.15, 0.2) is 18.2 Å². The Labute approximate surface area is 130 Å². The van der Waals surface area contributed by atoms with Gasteiger partial charge in [-0.05, 0) is 31.9 Å². The lowest BCUT2D eigenvalue weighted by Crippen LogP contribution is -2.37. The van der Waals surface area contributed by atoms with Crippen LogP contribution in [0.5, 0.6) is 0 Å². The van der Waals surface area contributed by atoms with Gasteiger partial charge in [-0.3, -0.25) is 4.79 Å². The fraction of sp³-hybridized carbons (Fsp3) is 0.438. The number of aryl methyl sites for hydroxylation is 2. The number of H-pyrrole nitrogens is 1. The van der Waals surface area contributed by atoms with Gasteiger partial charge in [0, 0.05) is 24.2 Å². The number of aromatic nitrogens is 1. The summed E-state index contributed by atoms with van der Waals surface area (Å²) in [6.07, 6.45) is 0.517. The van der Waals surface area contributed by atoms with Crippen molar-refractivity contribution < 1.29 is 13.2 Å². The minimum Gasteiger partial charge on any atom is -0.358 e. The summed E-state index contributed by atoms with van der Waals surface area (Å²) in [5.74, 6) is 0.0998. The van der Waals surface area contributed by atoms with E-state index < -0.39 is 9.84 Å². The molecule has 0 spiro atoms. The molecule has 5 nitrogen and oxygen atoms in total. The van der Waals surface area contributed by atoms with Gasteiger partial charge in [0.2, 0.25) is 0 Å². The SMILES string of the molecule is Cc1[nH]c2c(C(=O)N(C)[C@@H]3CCS(=O)(=O)C3)cccc2c1C. The van der Waals surface area contributed by atoms with E-state index in [2.05, 4.69) is 4.98 Å². The van der Waals surface area contributed by atoms with Crippen LogP contribution < -0.4 is 0 Å². The molecule has 3 rings (SSSR count). The van der Waals surface area contributed by atoms with Gasteiger partial charge in [0.15, 0.2) is 9.84 Å². The number of hydrogen-bond acceptors (Lipinski definition) is 3. The standard InChI is InChI=1S/C16H20N2O3S/c1-10-11(2)17-15-13(10)5-4-6-14(15)16(19)18(3)12-7-8-22(20,21)9-12/h4-6,12,17H,7-9H2,1-3H3/t12-/m1/s1. The Morgan fingerprint density at radius 3 is 2.68 bits per heavy atom. The minimum absolute atomic E-state index is 0.0635. The number of amides is 1. The third-order valence-electron chi connectivity index (χ3n) is 4.65. The second kappa shape index (κ2) is 5.12. The number of carbonyl (C=O) groups excluding carboxylic acids is 1. The van der Waals surface area contributed by atoms with Gasteiger partial charge >= 0.3 is 0 Å². The van der Waals surface area contributed by atoms with Crippen molar-refractivity contribution in [2.24, 2.45) is 0 Å². The van der Waals surface area contributed by atoms with Crippen LogP contribution in [0.4, 0.5) is 0 Å². The quantitative estimate of drug-likeness (QED) is 0.920. The molecule has 2 heterocycles. The molecule has 1 aromatic carbocycles. The number of nitrogens with one attached hydrogen (secondary N) is 1. The Balaban J connectivity index is 1.97. The van der Waals surface area contributed by atoms with E-state index in [0.29, 0.717) is 12.0 Å². The molecular weight excluding hydrogens is 300 g/mol. The summed E-state index contributed by atoms with van der Waals surface area (Å²) >= 11 is 0. The Morgan fingerprint density at radius 2 is 2.05 bits per heavy atom. The lowest BCUT2D eigenvalue weighted by atomic mass is 10.1. The summed E-state index contributed by atoms with van der Waals surface area (Å²) in [5, 5.41) is 1.04. The van der Waals surface area contributed by atoms with Crippen molar-refractivity contribution in [3.8, 4) is 0 Å². The average Bonchev–Trinajstić information content (AvgIpc) is 2.98. The smallest absolute Gasteiger partial charge is 0.256 e. The van der Waals surface area contributed by atoms with Crippen LogP contribution in [0.25, 0.3) is 10.9 Å². The van der Waals surface area contributed by atoms with Crippen LogP contribution in [0.3, 0.4) is 0 Å². The second-order valence-corrected chi connectivity index (χ2v) is 8.30. The zero-order valence-electron chi connectivity index (χ0n) is 13.0. The van der Waals surface area contributed by atoms with Gasteiger partial charge in [-0.1, -0.05) is 12.1 Å². The maximum atomic E-state index is 12.8.